The third kappa shape index (κ3) is 1.50. The quantitative estimate of drug-likeness (QED) is 0.836. The number of nitrogens with one attached hydrogen (secondary N) is 1. The van der Waals surface area contributed by atoms with Crippen molar-refractivity contribution in [1.82, 2.24) is 15.4 Å². The van der Waals surface area contributed by atoms with Crippen LogP contribution in [-0.4, -0.2) is 23.6 Å². The molecule has 4 heteroatoms. The number of aromatic nitrogens is 1. The molecule has 4 nitrogen and oxygen atoms in total. The molecule has 1 aliphatic heterocycles. The van der Waals surface area contributed by atoms with Gasteiger partial charge < -0.3 is 4.42 Å². The molecule has 1 fully saturated rings. The van der Waals surface area contributed by atoms with Crippen molar-refractivity contribution in [3.8, 4) is 0 Å². The fraction of sp³-hybridized carbons (Fsp3) is 0.417. The highest BCUT2D eigenvalue weighted by molar-refractivity contribution is 5.72. The Kier molecular flexibility index (Phi) is 2.38. The van der Waals surface area contributed by atoms with Gasteiger partial charge in [-0.2, -0.15) is 0 Å². The molecule has 0 spiro atoms. The fourth-order valence-corrected chi connectivity index (χ4v) is 2.42. The summed E-state index contributed by atoms with van der Waals surface area (Å²) in [6.07, 6.45) is 6.04. The molecule has 0 radical (unpaired) electrons. The molecular formula is C12H15N3O. The minimum Gasteiger partial charge on any atom is -0.463 e. The van der Waals surface area contributed by atoms with Gasteiger partial charge in [-0.05, 0) is 31.5 Å². The molecule has 0 unspecified atom stereocenters. The lowest BCUT2D eigenvalue weighted by atomic mass is 10.1. The first-order chi connectivity index (χ1) is 7.88. The molecule has 3 rings (SSSR count). The van der Waals surface area contributed by atoms with E-state index < -0.39 is 0 Å². The number of nitrogens with zero attached hydrogens (tertiary/aromatic N) is 2. The second-order valence-electron chi connectivity index (χ2n) is 4.15. The Morgan fingerprint density at radius 2 is 2.50 bits per heavy atom. The molecule has 1 atom stereocenters. The summed E-state index contributed by atoms with van der Waals surface area (Å²) in [6, 6.07) is 4.42. The molecule has 84 valence electrons. The maximum Gasteiger partial charge on any atom is 0.152 e. The van der Waals surface area contributed by atoms with Crippen LogP contribution in [0.5, 0.6) is 0 Å². The highest BCUT2D eigenvalue weighted by Gasteiger charge is 2.25. The number of furan rings is 1. The van der Waals surface area contributed by atoms with Gasteiger partial charge in [-0.15, -0.1) is 0 Å². The van der Waals surface area contributed by atoms with E-state index in [1.54, 1.807) is 6.26 Å². The van der Waals surface area contributed by atoms with Gasteiger partial charge in [0, 0.05) is 18.8 Å². The first-order valence-corrected chi connectivity index (χ1v) is 5.65. The third-order valence-corrected chi connectivity index (χ3v) is 3.25. The Bertz CT molecular complexity index is 494. The van der Waals surface area contributed by atoms with Crippen LogP contribution in [0.15, 0.2) is 29.0 Å². The molecule has 2 aromatic rings. The highest BCUT2D eigenvalue weighted by atomic mass is 16.3. The Labute approximate surface area is 94.2 Å². The Morgan fingerprint density at radius 3 is 3.38 bits per heavy atom. The van der Waals surface area contributed by atoms with Crippen LogP contribution in [0, 0.1) is 0 Å². The lowest BCUT2D eigenvalue weighted by molar-refractivity contribution is 0.190. The van der Waals surface area contributed by atoms with Gasteiger partial charge in [0.2, 0.25) is 0 Å². The summed E-state index contributed by atoms with van der Waals surface area (Å²) in [5.41, 5.74) is 6.26. The average molecular weight is 217 g/mol. The van der Waals surface area contributed by atoms with Crippen molar-refractivity contribution in [3.05, 3.63) is 30.2 Å². The zero-order valence-corrected chi connectivity index (χ0v) is 9.31. The Balaban J connectivity index is 1.98. The number of hydrogen-bond donors (Lipinski definition) is 1. The van der Waals surface area contributed by atoms with Crippen molar-refractivity contribution in [3.63, 3.8) is 0 Å². The maximum absolute atomic E-state index is 5.39. The summed E-state index contributed by atoms with van der Waals surface area (Å²) in [5.74, 6) is 0. The monoisotopic (exact) mass is 217 g/mol. The van der Waals surface area contributed by atoms with Gasteiger partial charge in [-0.25, -0.2) is 5.01 Å². The fourth-order valence-electron chi connectivity index (χ4n) is 2.42. The van der Waals surface area contributed by atoms with Gasteiger partial charge in [0.15, 0.2) is 5.58 Å². The van der Waals surface area contributed by atoms with Crippen molar-refractivity contribution in [2.24, 2.45) is 0 Å². The van der Waals surface area contributed by atoms with E-state index in [-0.39, 0.29) is 0 Å². The summed E-state index contributed by atoms with van der Waals surface area (Å²) in [7, 11) is 1.97. The van der Waals surface area contributed by atoms with Gasteiger partial charge in [0.1, 0.15) is 5.52 Å². The lowest BCUT2D eigenvalue weighted by Crippen LogP contribution is -2.34. The van der Waals surface area contributed by atoms with Gasteiger partial charge in [-0.1, -0.05) is 0 Å². The van der Waals surface area contributed by atoms with E-state index in [2.05, 4.69) is 21.5 Å². The van der Waals surface area contributed by atoms with Gasteiger partial charge in [0.25, 0.3) is 0 Å². The molecule has 1 aliphatic rings. The van der Waals surface area contributed by atoms with Gasteiger partial charge in [-0.3, -0.25) is 10.4 Å². The number of rotatable bonds is 2. The predicted molar refractivity (Wildman–Crippen MR) is 61.7 cm³/mol. The van der Waals surface area contributed by atoms with Gasteiger partial charge >= 0.3 is 0 Å². The number of hydrogen-bond acceptors (Lipinski definition) is 4. The second-order valence-corrected chi connectivity index (χ2v) is 4.15. The number of hydrazine groups is 1. The smallest absolute Gasteiger partial charge is 0.152 e. The molecule has 1 saturated heterocycles. The van der Waals surface area contributed by atoms with Crippen molar-refractivity contribution in [2.45, 2.75) is 18.9 Å². The molecule has 3 heterocycles. The standard InChI is InChI=1S/C12H15N3O/c1-13-15-5-2-3-11(15)9-7-12-10(14-8-9)4-6-16-12/h4,6-8,11,13H,2-3,5H2,1H3/t11-/m1/s1. The van der Waals surface area contributed by atoms with Crippen molar-refractivity contribution in [2.75, 3.05) is 13.6 Å². The SMILES string of the molecule is CNN1CCC[C@@H]1c1cnc2ccoc2c1. The topological polar surface area (TPSA) is 41.3 Å². The van der Waals surface area contributed by atoms with Crippen LogP contribution in [0.2, 0.25) is 0 Å². The summed E-state index contributed by atoms with van der Waals surface area (Å²) in [5, 5.41) is 2.26. The average Bonchev–Trinajstić information content (AvgIpc) is 2.96. The molecule has 1 N–H and O–H groups in total. The Morgan fingerprint density at radius 1 is 1.56 bits per heavy atom. The van der Waals surface area contributed by atoms with Crippen LogP contribution in [0.25, 0.3) is 11.1 Å². The maximum atomic E-state index is 5.39. The molecule has 0 saturated carbocycles. The van der Waals surface area contributed by atoms with Crippen LogP contribution in [-0.2, 0) is 0 Å². The first kappa shape index (κ1) is 9.81. The first-order valence-electron chi connectivity index (χ1n) is 5.65. The summed E-state index contributed by atoms with van der Waals surface area (Å²) in [6.45, 7) is 1.09. The molecule has 0 bridgehead atoms. The normalized spacial score (nSPS) is 21.9. The summed E-state index contributed by atoms with van der Waals surface area (Å²) in [4.78, 5) is 4.41. The minimum atomic E-state index is 0.423. The van der Waals surface area contributed by atoms with E-state index in [9.17, 15) is 0 Å². The van der Waals surface area contributed by atoms with E-state index in [1.807, 2.05) is 19.3 Å². The van der Waals surface area contributed by atoms with Gasteiger partial charge in [0.05, 0.1) is 12.3 Å². The molecular weight excluding hydrogens is 202 g/mol. The van der Waals surface area contributed by atoms with Crippen LogP contribution >= 0.6 is 0 Å². The second kappa shape index (κ2) is 3.88. The van der Waals surface area contributed by atoms with E-state index in [0.717, 1.165) is 17.6 Å². The van der Waals surface area contributed by atoms with E-state index in [4.69, 9.17) is 4.42 Å². The van der Waals surface area contributed by atoms with Crippen molar-refractivity contribution in [1.29, 1.82) is 0 Å². The van der Waals surface area contributed by atoms with E-state index >= 15 is 0 Å². The van der Waals surface area contributed by atoms with E-state index in [0.29, 0.717) is 6.04 Å². The molecule has 0 aliphatic carbocycles. The van der Waals surface area contributed by atoms with Crippen LogP contribution in [0.3, 0.4) is 0 Å². The molecule has 2 aromatic heterocycles. The Hall–Kier alpha value is -1.39. The van der Waals surface area contributed by atoms with Crippen LogP contribution < -0.4 is 5.43 Å². The molecule has 16 heavy (non-hydrogen) atoms. The zero-order chi connectivity index (χ0) is 11.0. The minimum absolute atomic E-state index is 0.423. The van der Waals surface area contributed by atoms with E-state index in [1.165, 1.54) is 18.4 Å². The zero-order valence-electron chi connectivity index (χ0n) is 9.31. The molecule has 0 aromatic carbocycles. The number of pyridine rings is 1. The summed E-state index contributed by atoms with van der Waals surface area (Å²) < 4.78 is 5.39. The lowest BCUT2D eigenvalue weighted by Gasteiger charge is -2.23. The van der Waals surface area contributed by atoms with Crippen molar-refractivity contribution < 1.29 is 4.42 Å². The summed E-state index contributed by atoms with van der Waals surface area (Å²) >= 11 is 0. The highest BCUT2D eigenvalue weighted by Crippen LogP contribution is 2.31. The van der Waals surface area contributed by atoms with Crippen molar-refractivity contribution >= 4 is 11.1 Å². The predicted octanol–water partition coefficient (Wildman–Crippen LogP) is 2.10. The molecule has 0 amide bonds. The third-order valence-electron chi connectivity index (χ3n) is 3.25. The number of fused-ring (bicyclic) bond motifs is 1. The van der Waals surface area contributed by atoms with Crippen LogP contribution in [0.4, 0.5) is 0 Å². The van der Waals surface area contributed by atoms with Crippen LogP contribution in [0.1, 0.15) is 24.4 Å². The largest absolute Gasteiger partial charge is 0.463 e.